The van der Waals surface area contributed by atoms with E-state index in [0.717, 1.165) is 67.1 Å². The van der Waals surface area contributed by atoms with E-state index in [4.69, 9.17) is 28.3 Å². The number of ether oxygens (including phenoxy) is 2. The number of rotatable bonds is 9. The van der Waals surface area contributed by atoms with Crippen LogP contribution in [0.5, 0.6) is 11.5 Å². The molecule has 0 saturated heterocycles. The second kappa shape index (κ2) is 11.4. The Bertz CT molecular complexity index is 1710. The summed E-state index contributed by atoms with van der Waals surface area (Å²) in [4.78, 5) is 9.55. The van der Waals surface area contributed by atoms with Gasteiger partial charge in [0.1, 0.15) is 22.5 Å². The Kier molecular flexibility index (Phi) is 7.46. The number of benzene rings is 4. The molecule has 0 saturated carbocycles. The van der Waals surface area contributed by atoms with Gasteiger partial charge < -0.3 is 18.3 Å². The summed E-state index contributed by atoms with van der Waals surface area (Å²) in [5.41, 5.74) is 9.45. The van der Waals surface area contributed by atoms with Crippen LogP contribution in [0.3, 0.4) is 0 Å². The Hall–Kier alpha value is -4.58. The molecule has 0 fully saturated rings. The van der Waals surface area contributed by atoms with E-state index < -0.39 is 0 Å². The van der Waals surface area contributed by atoms with Gasteiger partial charge in [-0.2, -0.15) is 0 Å². The molecule has 6 nitrogen and oxygen atoms in total. The first kappa shape index (κ1) is 27.6. The lowest BCUT2D eigenvalue weighted by Crippen LogP contribution is -1.98. The van der Waals surface area contributed by atoms with Crippen LogP contribution < -0.4 is 9.47 Å². The largest absolute Gasteiger partial charge is 0.493 e. The minimum atomic E-state index is 0.329. The van der Waals surface area contributed by atoms with Gasteiger partial charge in [-0.05, 0) is 84.3 Å². The highest BCUT2D eigenvalue weighted by Gasteiger charge is 2.17. The fraction of sp³-hybridized carbons (Fsp3) is 0.278. The summed E-state index contributed by atoms with van der Waals surface area (Å²) < 4.78 is 24.0. The van der Waals surface area contributed by atoms with Crippen LogP contribution in [-0.2, 0) is 0 Å². The highest BCUT2D eigenvalue weighted by Crippen LogP contribution is 2.36. The zero-order valence-electron chi connectivity index (χ0n) is 25.0. The first-order chi connectivity index (χ1) is 20.3. The van der Waals surface area contributed by atoms with Crippen molar-refractivity contribution in [3.05, 3.63) is 83.9 Å². The highest BCUT2D eigenvalue weighted by atomic mass is 16.5. The van der Waals surface area contributed by atoms with Crippen LogP contribution in [0, 0.1) is 0 Å². The lowest BCUT2D eigenvalue weighted by Gasteiger charge is -2.12. The fourth-order valence-electron chi connectivity index (χ4n) is 5.26. The summed E-state index contributed by atoms with van der Waals surface area (Å²) in [6.45, 7) is 13.8. The Morgan fingerprint density at radius 2 is 0.905 bits per heavy atom. The quantitative estimate of drug-likeness (QED) is 0.175. The van der Waals surface area contributed by atoms with Crippen molar-refractivity contribution < 1.29 is 18.3 Å². The van der Waals surface area contributed by atoms with Crippen molar-refractivity contribution in [1.29, 1.82) is 0 Å². The van der Waals surface area contributed by atoms with E-state index in [0.29, 0.717) is 36.8 Å². The van der Waals surface area contributed by atoms with Crippen LogP contribution in [0.4, 0.5) is 0 Å². The molecule has 0 radical (unpaired) electrons. The van der Waals surface area contributed by atoms with Crippen molar-refractivity contribution >= 4 is 22.2 Å². The molecular formula is C36H36N2O4. The zero-order valence-corrected chi connectivity index (χ0v) is 25.0. The molecule has 0 N–H and O–H groups in total. The van der Waals surface area contributed by atoms with E-state index in [2.05, 4.69) is 64.1 Å². The molecule has 0 aliphatic carbocycles. The van der Waals surface area contributed by atoms with Crippen molar-refractivity contribution in [2.24, 2.45) is 0 Å². The molecule has 0 atom stereocenters. The third-order valence-electron chi connectivity index (χ3n) is 7.48. The third-order valence-corrected chi connectivity index (χ3v) is 7.48. The van der Waals surface area contributed by atoms with Crippen molar-refractivity contribution in [3.8, 4) is 45.5 Å². The molecule has 2 heterocycles. The maximum atomic E-state index is 6.14. The zero-order chi connectivity index (χ0) is 29.4. The molecule has 0 amide bonds. The van der Waals surface area contributed by atoms with E-state index in [1.54, 1.807) is 0 Å². The topological polar surface area (TPSA) is 70.5 Å². The van der Waals surface area contributed by atoms with Crippen LogP contribution >= 0.6 is 0 Å². The summed E-state index contributed by atoms with van der Waals surface area (Å²) >= 11 is 0. The van der Waals surface area contributed by atoms with Crippen molar-refractivity contribution in [3.63, 3.8) is 0 Å². The molecule has 6 rings (SSSR count). The van der Waals surface area contributed by atoms with Crippen molar-refractivity contribution in [2.75, 3.05) is 13.2 Å². The maximum absolute atomic E-state index is 6.14. The molecule has 0 spiro atoms. The minimum Gasteiger partial charge on any atom is -0.493 e. The molecule has 0 aliphatic heterocycles. The summed E-state index contributed by atoms with van der Waals surface area (Å²) in [5.74, 6) is 3.56. The monoisotopic (exact) mass is 560 g/mol. The van der Waals surface area contributed by atoms with Gasteiger partial charge in [-0.1, -0.05) is 52.0 Å². The van der Waals surface area contributed by atoms with Crippen LogP contribution in [0.2, 0.25) is 0 Å². The van der Waals surface area contributed by atoms with Gasteiger partial charge in [0.15, 0.2) is 11.2 Å². The van der Waals surface area contributed by atoms with E-state index in [9.17, 15) is 0 Å². The highest BCUT2D eigenvalue weighted by molar-refractivity contribution is 5.81. The number of oxazole rings is 2. The number of fused-ring (bicyclic) bond motifs is 2. The number of hydrogen-bond acceptors (Lipinski definition) is 6. The molecule has 214 valence electrons. The SMILES string of the molecule is CCOc1cc2oc(-c3ccc(-c4ccc(-c5nc6cc(C(C)C)c(OCC)cc6o5)cc4)cc3)nc2cc1C(C)C. The number of nitrogens with zero attached hydrogens (tertiary/aromatic N) is 2. The standard InChI is InChI=1S/C36H36N2O4/c1-7-39-31-19-33-29(17-27(31)21(3)4)37-35(41-33)25-13-9-23(10-14-25)24-11-15-26(16-12-24)36-38-30-18-28(22(5)6)32(40-8-2)20-34(30)42-36/h9-22H,7-8H2,1-6H3. The molecule has 4 aromatic carbocycles. The van der Waals surface area contributed by atoms with Crippen LogP contribution in [0.25, 0.3) is 56.2 Å². The van der Waals surface area contributed by atoms with Gasteiger partial charge in [0.2, 0.25) is 11.8 Å². The lowest BCUT2D eigenvalue weighted by atomic mass is 10.0. The van der Waals surface area contributed by atoms with Gasteiger partial charge in [-0.25, -0.2) is 9.97 Å². The fourth-order valence-corrected chi connectivity index (χ4v) is 5.26. The second-order valence-corrected chi connectivity index (χ2v) is 11.1. The van der Waals surface area contributed by atoms with E-state index in [1.165, 1.54) is 0 Å². The van der Waals surface area contributed by atoms with Crippen LogP contribution in [0.15, 0.2) is 81.6 Å². The first-order valence-electron chi connectivity index (χ1n) is 14.7. The van der Waals surface area contributed by atoms with Gasteiger partial charge >= 0.3 is 0 Å². The number of aromatic nitrogens is 2. The Labute approximate surface area is 246 Å². The summed E-state index contributed by atoms with van der Waals surface area (Å²) in [6, 6.07) is 24.6. The van der Waals surface area contributed by atoms with Crippen molar-refractivity contribution in [2.45, 2.75) is 53.4 Å². The molecule has 0 unspecified atom stereocenters. The van der Waals surface area contributed by atoms with Gasteiger partial charge in [0, 0.05) is 23.3 Å². The molecule has 0 bridgehead atoms. The normalized spacial score (nSPS) is 11.7. The van der Waals surface area contributed by atoms with Gasteiger partial charge in [0.25, 0.3) is 0 Å². The Balaban J connectivity index is 1.24. The molecule has 2 aromatic heterocycles. The molecule has 6 heteroatoms. The van der Waals surface area contributed by atoms with E-state index in [-0.39, 0.29) is 0 Å². The van der Waals surface area contributed by atoms with Crippen molar-refractivity contribution in [1.82, 2.24) is 9.97 Å². The summed E-state index contributed by atoms with van der Waals surface area (Å²) in [7, 11) is 0. The molecule has 6 aromatic rings. The number of hydrogen-bond donors (Lipinski definition) is 0. The lowest BCUT2D eigenvalue weighted by molar-refractivity contribution is 0.335. The maximum Gasteiger partial charge on any atom is 0.227 e. The summed E-state index contributed by atoms with van der Waals surface area (Å²) in [5, 5.41) is 0. The predicted molar refractivity (Wildman–Crippen MR) is 168 cm³/mol. The Morgan fingerprint density at radius 3 is 1.24 bits per heavy atom. The van der Waals surface area contributed by atoms with E-state index >= 15 is 0 Å². The Morgan fingerprint density at radius 1 is 0.548 bits per heavy atom. The predicted octanol–water partition coefficient (Wildman–Crippen LogP) is 10.0. The van der Waals surface area contributed by atoms with Gasteiger partial charge in [0.05, 0.1) is 13.2 Å². The molecule has 0 aliphatic rings. The third kappa shape index (κ3) is 5.25. The average Bonchev–Trinajstić information content (AvgIpc) is 3.60. The second-order valence-electron chi connectivity index (χ2n) is 11.1. The first-order valence-corrected chi connectivity index (χ1v) is 14.7. The molecular weight excluding hydrogens is 524 g/mol. The average molecular weight is 561 g/mol. The van der Waals surface area contributed by atoms with Gasteiger partial charge in [-0.3, -0.25) is 0 Å². The smallest absolute Gasteiger partial charge is 0.227 e. The van der Waals surface area contributed by atoms with Crippen LogP contribution in [0.1, 0.15) is 64.5 Å². The van der Waals surface area contributed by atoms with Gasteiger partial charge in [-0.15, -0.1) is 0 Å². The molecule has 42 heavy (non-hydrogen) atoms. The van der Waals surface area contributed by atoms with E-state index in [1.807, 2.05) is 50.2 Å². The minimum absolute atomic E-state index is 0.329. The summed E-state index contributed by atoms with van der Waals surface area (Å²) in [6.07, 6.45) is 0. The van der Waals surface area contributed by atoms with Crippen LogP contribution in [-0.4, -0.2) is 23.2 Å².